The largest absolute Gasteiger partial charge is 0.486 e. The summed E-state index contributed by atoms with van der Waals surface area (Å²) in [6.07, 6.45) is 1.88. The number of aryl methyl sites for hydroxylation is 1. The van der Waals surface area contributed by atoms with E-state index in [1.165, 1.54) is 11.8 Å². The van der Waals surface area contributed by atoms with Crippen LogP contribution in [0.25, 0.3) is 0 Å². The van der Waals surface area contributed by atoms with E-state index in [9.17, 15) is 4.79 Å². The van der Waals surface area contributed by atoms with Crippen LogP contribution in [0, 0.1) is 0 Å². The topological polar surface area (TPSA) is 40.5 Å². The molecule has 1 aromatic heterocycles. The van der Waals surface area contributed by atoms with Gasteiger partial charge in [-0.1, -0.05) is 0 Å². The molecule has 0 saturated heterocycles. The van der Waals surface area contributed by atoms with Crippen LogP contribution in [0.5, 0.6) is 11.5 Å². The summed E-state index contributed by atoms with van der Waals surface area (Å²) in [5, 5.41) is 0. The predicted molar refractivity (Wildman–Crippen MR) is 77.9 cm³/mol. The number of nitrogens with zero attached hydrogens (tertiary/aromatic N) is 1. The fraction of sp³-hybridized carbons (Fsp3) is 0.267. The van der Waals surface area contributed by atoms with Gasteiger partial charge in [0.2, 0.25) is 0 Å². The molecule has 5 heteroatoms. The Hall–Kier alpha value is -1.88. The third kappa shape index (κ3) is 2.67. The van der Waals surface area contributed by atoms with Gasteiger partial charge in [-0.05, 0) is 30.3 Å². The summed E-state index contributed by atoms with van der Waals surface area (Å²) in [7, 11) is 1.88. The van der Waals surface area contributed by atoms with Crippen molar-refractivity contribution in [3.63, 3.8) is 0 Å². The number of rotatable bonds is 4. The number of aromatic nitrogens is 1. The van der Waals surface area contributed by atoms with Crippen LogP contribution in [0.2, 0.25) is 0 Å². The lowest BCUT2D eigenvalue weighted by Crippen LogP contribution is -2.15. The fourth-order valence-electron chi connectivity index (χ4n) is 2.09. The summed E-state index contributed by atoms with van der Waals surface area (Å²) in [6, 6.07) is 9.49. The van der Waals surface area contributed by atoms with Crippen molar-refractivity contribution in [2.75, 3.05) is 19.0 Å². The molecule has 0 aliphatic carbocycles. The van der Waals surface area contributed by atoms with Crippen LogP contribution in [-0.2, 0) is 7.05 Å². The van der Waals surface area contributed by atoms with Gasteiger partial charge in [0.25, 0.3) is 0 Å². The quantitative estimate of drug-likeness (QED) is 0.641. The minimum Gasteiger partial charge on any atom is -0.486 e. The number of ketones is 1. The standard InChI is InChI=1S/C15H15NO3S/c1-16-6-2-3-12(16)13(17)10-20-11-4-5-14-15(9-11)19-8-7-18-14/h2-6,9H,7-8,10H2,1H3. The number of benzene rings is 1. The first-order valence-electron chi connectivity index (χ1n) is 6.41. The Labute approximate surface area is 121 Å². The molecule has 0 amide bonds. The van der Waals surface area contributed by atoms with Crippen molar-refractivity contribution >= 4 is 17.5 Å². The molecule has 104 valence electrons. The Morgan fingerprint density at radius 3 is 2.80 bits per heavy atom. The summed E-state index contributed by atoms with van der Waals surface area (Å²) in [5.74, 6) is 2.07. The maximum atomic E-state index is 12.1. The van der Waals surface area contributed by atoms with Crippen molar-refractivity contribution in [3.05, 3.63) is 42.2 Å². The third-order valence-electron chi connectivity index (χ3n) is 3.11. The zero-order chi connectivity index (χ0) is 13.9. The highest BCUT2D eigenvalue weighted by Gasteiger charge is 2.13. The number of carbonyl (C=O) groups is 1. The van der Waals surface area contributed by atoms with Gasteiger partial charge in [0.15, 0.2) is 17.3 Å². The summed E-state index contributed by atoms with van der Waals surface area (Å²) in [6.45, 7) is 1.16. The Kier molecular flexibility index (Phi) is 3.69. The number of thioether (sulfide) groups is 1. The number of fused-ring (bicyclic) bond motifs is 1. The lowest BCUT2D eigenvalue weighted by Gasteiger charge is -2.18. The molecule has 4 nitrogen and oxygen atoms in total. The monoisotopic (exact) mass is 289 g/mol. The number of hydrogen-bond donors (Lipinski definition) is 0. The van der Waals surface area contributed by atoms with Gasteiger partial charge in [0.05, 0.1) is 11.4 Å². The van der Waals surface area contributed by atoms with Gasteiger partial charge in [-0.25, -0.2) is 0 Å². The SMILES string of the molecule is Cn1cccc1C(=O)CSc1ccc2c(c1)OCCO2. The molecular formula is C15H15NO3S. The molecule has 3 rings (SSSR count). The molecule has 0 spiro atoms. The maximum absolute atomic E-state index is 12.1. The smallest absolute Gasteiger partial charge is 0.189 e. The average Bonchev–Trinajstić information content (AvgIpc) is 2.91. The van der Waals surface area contributed by atoms with Crippen LogP contribution in [0.1, 0.15) is 10.5 Å². The van der Waals surface area contributed by atoms with E-state index in [2.05, 4.69) is 0 Å². The highest BCUT2D eigenvalue weighted by Crippen LogP contribution is 2.34. The first-order chi connectivity index (χ1) is 9.74. The minimum atomic E-state index is 0.123. The van der Waals surface area contributed by atoms with E-state index in [0.29, 0.717) is 19.0 Å². The van der Waals surface area contributed by atoms with E-state index in [1.54, 1.807) is 0 Å². The lowest BCUT2D eigenvalue weighted by atomic mass is 10.3. The Bertz CT molecular complexity index is 636. The summed E-state index contributed by atoms with van der Waals surface area (Å²) < 4.78 is 12.8. The molecule has 0 N–H and O–H groups in total. The van der Waals surface area contributed by atoms with Crippen molar-refractivity contribution in [1.82, 2.24) is 4.57 Å². The van der Waals surface area contributed by atoms with Crippen molar-refractivity contribution in [1.29, 1.82) is 0 Å². The van der Waals surface area contributed by atoms with Gasteiger partial charge >= 0.3 is 0 Å². The molecular weight excluding hydrogens is 274 g/mol. The van der Waals surface area contributed by atoms with E-state index in [0.717, 1.165) is 22.1 Å². The summed E-state index contributed by atoms with van der Waals surface area (Å²) in [5.41, 5.74) is 0.732. The van der Waals surface area contributed by atoms with Crippen molar-refractivity contribution in [3.8, 4) is 11.5 Å². The van der Waals surface area contributed by atoms with Crippen LogP contribution in [0.15, 0.2) is 41.4 Å². The molecule has 2 heterocycles. The van der Waals surface area contributed by atoms with Crippen LogP contribution in [0.4, 0.5) is 0 Å². The number of hydrogen-bond acceptors (Lipinski definition) is 4. The molecule has 0 fully saturated rings. The Morgan fingerprint density at radius 2 is 2.05 bits per heavy atom. The number of Topliss-reactive ketones (excluding diaryl/α,β-unsaturated/α-hetero) is 1. The molecule has 1 aromatic carbocycles. The van der Waals surface area contributed by atoms with Gasteiger partial charge in [0.1, 0.15) is 13.2 Å². The second-order valence-corrected chi connectivity index (χ2v) is 5.57. The molecule has 0 bridgehead atoms. The molecule has 20 heavy (non-hydrogen) atoms. The minimum absolute atomic E-state index is 0.123. The van der Waals surface area contributed by atoms with E-state index >= 15 is 0 Å². The van der Waals surface area contributed by atoms with E-state index in [1.807, 2.05) is 48.1 Å². The van der Waals surface area contributed by atoms with Crippen LogP contribution < -0.4 is 9.47 Å². The van der Waals surface area contributed by atoms with E-state index in [4.69, 9.17) is 9.47 Å². The molecule has 0 atom stereocenters. The number of ether oxygens (including phenoxy) is 2. The van der Waals surface area contributed by atoms with E-state index in [-0.39, 0.29) is 5.78 Å². The van der Waals surface area contributed by atoms with Crippen molar-refractivity contribution < 1.29 is 14.3 Å². The van der Waals surface area contributed by atoms with Crippen LogP contribution >= 0.6 is 11.8 Å². The normalized spacial score (nSPS) is 13.2. The molecule has 0 radical (unpaired) electrons. The average molecular weight is 289 g/mol. The second kappa shape index (κ2) is 5.63. The zero-order valence-corrected chi connectivity index (χ0v) is 12.0. The van der Waals surface area contributed by atoms with Crippen LogP contribution in [0.3, 0.4) is 0 Å². The lowest BCUT2D eigenvalue weighted by molar-refractivity contribution is 0.101. The molecule has 0 unspecified atom stereocenters. The molecule has 1 aliphatic heterocycles. The first-order valence-corrected chi connectivity index (χ1v) is 7.39. The first kappa shape index (κ1) is 13.1. The predicted octanol–water partition coefficient (Wildman–Crippen LogP) is 2.77. The third-order valence-corrected chi connectivity index (χ3v) is 4.11. The van der Waals surface area contributed by atoms with Crippen molar-refractivity contribution in [2.45, 2.75) is 4.90 Å². The van der Waals surface area contributed by atoms with Gasteiger partial charge in [-0.3, -0.25) is 4.79 Å². The van der Waals surface area contributed by atoms with Crippen LogP contribution in [-0.4, -0.2) is 29.3 Å². The van der Waals surface area contributed by atoms with Gasteiger partial charge in [-0.15, -0.1) is 11.8 Å². The van der Waals surface area contributed by atoms with Crippen molar-refractivity contribution in [2.24, 2.45) is 7.05 Å². The van der Waals surface area contributed by atoms with Gasteiger partial charge in [-0.2, -0.15) is 0 Å². The van der Waals surface area contributed by atoms with Gasteiger partial charge in [0, 0.05) is 18.1 Å². The Balaban J connectivity index is 1.67. The second-order valence-electron chi connectivity index (χ2n) is 4.52. The van der Waals surface area contributed by atoms with Gasteiger partial charge < -0.3 is 14.0 Å². The fourth-order valence-corrected chi connectivity index (χ4v) is 2.89. The summed E-state index contributed by atoms with van der Waals surface area (Å²) in [4.78, 5) is 13.1. The highest BCUT2D eigenvalue weighted by atomic mass is 32.2. The maximum Gasteiger partial charge on any atom is 0.189 e. The number of carbonyl (C=O) groups excluding carboxylic acids is 1. The highest BCUT2D eigenvalue weighted by molar-refractivity contribution is 8.00. The molecule has 1 aliphatic rings. The zero-order valence-electron chi connectivity index (χ0n) is 11.2. The Morgan fingerprint density at radius 1 is 1.25 bits per heavy atom. The molecule has 2 aromatic rings. The summed E-state index contributed by atoms with van der Waals surface area (Å²) >= 11 is 1.51. The molecule has 0 saturated carbocycles. The van der Waals surface area contributed by atoms with E-state index < -0.39 is 0 Å².